The zero-order valence-electron chi connectivity index (χ0n) is 14.8. The van der Waals surface area contributed by atoms with Crippen LogP contribution in [0.5, 0.6) is 0 Å². The molecule has 0 aliphatic rings. The van der Waals surface area contributed by atoms with Crippen molar-refractivity contribution >= 4 is 21.6 Å². The van der Waals surface area contributed by atoms with E-state index in [1.165, 1.54) is 0 Å². The van der Waals surface area contributed by atoms with Crippen LogP contribution in [0.3, 0.4) is 0 Å². The fourth-order valence-corrected chi connectivity index (χ4v) is 3.52. The maximum atomic E-state index is 12.4. The first-order valence-corrected chi connectivity index (χ1v) is 10.1. The summed E-state index contributed by atoms with van der Waals surface area (Å²) in [6, 6.07) is 14.4. The Labute approximate surface area is 155 Å². The summed E-state index contributed by atoms with van der Waals surface area (Å²) in [6.45, 7) is 7.28. The zero-order valence-corrected chi connectivity index (χ0v) is 16.4. The third-order valence-corrected chi connectivity index (χ3v) is 5.55. The highest BCUT2D eigenvalue weighted by Crippen LogP contribution is 2.16. The molecule has 0 bridgehead atoms. The Bertz CT molecular complexity index is 797. The van der Waals surface area contributed by atoms with Crippen molar-refractivity contribution in [3.8, 4) is 0 Å². The van der Waals surface area contributed by atoms with Gasteiger partial charge in [0.05, 0.1) is 4.90 Å². The molecule has 2 aromatic rings. The molecule has 136 valence electrons. The van der Waals surface area contributed by atoms with Gasteiger partial charge in [0.1, 0.15) is 0 Å². The lowest BCUT2D eigenvalue weighted by molar-refractivity contribution is 0.424. The largest absolute Gasteiger partial charge is 0.308 e. The molecule has 25 heavy (non-hydrogen) atoms. The third-order valence-electron chi connectivity index (χ3n) is 3.70. The number of hydrogen-bond acceptors (Lipinski definition) is 3. The van der Waals surface area contributed by atoms with Gasteiger partial charge in [-0.1, -0.05) is 41.9 Å². The second kappa shape index (κ2) is 8.32. The van der Waals surface area contributed by atoms with Crippen molar-refractivity contribution in [1.82, 2.24) is 10.0 Å². The summed E-state index contributed by atoms with van der Waals surface area (Å²) < 4.78 is 27.4. The van der Waals surface area contributed by atoms with E-state index in [0.29, 0.717) is 24.5 Å². The van der Waals surface area contributed by atoms with Crippen LogP contribution in [0.25, 0.3) is 0 Å². The van der Waals surface area contributed by atoms with Crippen molar-refractivity contribution in [3.05, 3.63) is 64.7 Å². The molecule has 0 unspecified atom stereocenters. The average molecular weight is 381 g/mol. The Kier molecular flexibility index (Phi) is 6.63. The monoisotopic (exact) mass is 380 g/mol. The van der Waals surface area contributed by atoms with E-state index in [0.717, 1.165) is 11.1 Å². The number of benzene rings is 2. The van der Waals surface area contributed by atoms with Crippen LogP contribution in [0, 0.1) is 0 Å². The highest BCUT2D eigenvalue weighted by atomic mass is 35.5. The first-order valence-electron chi connectivity index (χ1n) is 8.24. The molecule has 0 saturated heterocycles. The SMILES string of the molecule is CC(C)(C)NCc1ccc(S(=O)(=O)NCCc2ccccc2Cl)cc1. The van der Waals surface area contributed by atoms with E-state index in [9.17, 15) is 8.42 Å². The molecule has 0 aliphatic heterocycles. The predicted molar refractivity (Wildman–Crippen MR) is 103 cm³/mol. The van der Waals surface area contributed by atoms with Crippen LogP contribution in [0.2, 0.25) is 5.02 Å². The third kappa shape index (κ3) is 6.44. The van der Waals surface area contributed by atoms with Crippen LogP contribution in [-0.2, 0) is 23.0 Å². The second-order valence-corrected chi connectivity index (χ2v) is 9.16. The highest BCUT2D eigenvalue weighted by molar-refractivity contribution is 7.89. The predicted octanol–water partition coefficient (Wildman–Crippen LogP) is 3.75. The van der Waals surface area contributed by atoms with Gasteiger partial charge in [-0.2, -0.15) is 0 Å². The molecule has 0 spiro atoms. The minimum Gasteiger partial charge on any atom is -0.308 e. The number of sulfonamides is 1. The van der Waals surface area contributed by atoms with Crippen molar-refractivity contribution < 1.29 is 8.42 Å². The number of hydrogen-bond donors (Lipinski definition) is 2. The first kappa shape index (κ1) is 19.9. The molecule has 0 saturated carbocycles. The van der Waals surface area contributed by atoms with Gasteiger partial charge in [-0.25, -0.2) is 13.1 Å². The lowest BCUT2D eigenvalue weighted by Crippen LogP contribution is -2.35. The smallest absolute Gasteiger partial charge is 0.240 e. The number of rotatable bonds is 7. The van der Waals surface area contributed by atoms with Gasteiger partial charge in [0.15, 0.2) is 0 Å². The van der Waals surface area contributed by atoms with Gasteiger partial charge in [0.25, 0.3) is 0 Å². The van der Waals surface area contributed by atoms with Gasteiger partial charge < -0.3 is 5.32 Å². The molecular formula is C19H25ClN2O2S. The highest BCUT2D eigenvalue weighted by Gasteiger charge is 2.14. The minimum absolute atomic E-state index is 0.0189. The van der Waals surface area contributed by atoms with Gasteiger partial charge in [-0.05, 0) is 56.5 Å². The van der Waals surface area contributed by atoms with E-state index in [1.54, 1.807) is 18.2 Å². The molecule has 2 aromatic carbocycles. The van der Waals surface area contributed by atoms with E-state index in [4.69, 9.17) is 11.6 Å². The number of nitrogens with one attached hydrogen (secondary N) is 2. The lowest BCUT2D eigenvalue weighted by atomic mass is 10.1. The van der Waals surface area contributed by atoms with E-state index in [-0.39, 0.29) is 10.4 Å². The first-order chi connectivity index (χ1) is 11.7. The van der Waals surface area contributed by atoms with Crippen LogP contribution >= 0.6 is 11.6 Å². The van der Waals surface area contributed by atoms with Gasteiger partial charge >= 0.3 is 0 Å². The van der Waals surface area contributed by atoms with Gasteiger partial charge in [-0.3, -0.25) is 0 Å². The maximum absolute atomic E-state index is 12.4. The Morgan fingerprint density at radius 2 is 1.64 bits per heavy atom. The molecule has 0 radical (unpaired) electrons. The molecular weight excluding hydrogens is 356 g/mol. The normalized spacial score (nSPS) is 12.3. The van der Waals surface area contributed by atoms with Crippen LogP contribution in [-0.4, -0.2) is 20.5 Å². The molecule has 2 N–H and O–H groups in total. The van der Waals surface area contributed by atoms with Crippen molar-refractivity contribution in [1.29, 1.82) is 0 Å². The van der Waals surface area contributed by atoms with Crippen LogP contribution < -0.4 is 10.0 Å². The molecule has 6 heteroatoms. The van der Waals surface area contributed by atoms with Crippen LogP contribution in [0.4, 0.5) is 0 Å². The Balaban J connectivity index is 1.94. The topological polar surface area (TPSA) is 58.2 Å². The fraction of sp³-hybridized carbons (Fsp3) is 0.368. The molecule has 0 aliphatic carbocycles. The lowest BCUT2D eigenvalue weighted by Gasteiger charge is -2.20. The molecule has 2 rings (SSSR count). The van der Waals surface area contributed by atoms with Crippen molar-refractivity contribution in [2.24, 2.45) is 0 Å². The zero-order chi connectivity index (χ0) is 18.5. The molecule has 0 fully saturated rings. The van der Waals surface area contributed by atoms with E-state index < -0.39 is 10.0 Å². The van der Waals surface area contributed by atoms with Crippen molar-refractivity contribution in [2.75, 3.05) is 6.54 Å². The van der Waals surface area contributed by atoms with Gasteiger partial charge in [-0.15, -0.1) is 0 Å². The number of halogens is 1. The summed E-state index contributed by atoms with van der Waals surface area (Å²) >= 11 is 6.09. The van der Waals surface area contributed by atoms with Crippen LogP contribution in [0.1, 0.15) is 31.9 Å². The summed E-state index contributed by atoms with van der Waals surface area (Å²) in [4.78, 5) is 0.270. The van der Waals surface area contributed by atoms with Crippen molar-refractivity contribution in [2.45, 2.75) is 44.2 Å². The molecule has 0 aromatic heterocycles. The quantitative estimate of drug-likeness (QED) is 0.769. The van der Waals surface area contributed by atoms with Crippen molar-refractivity contribution in [3.63, 3.8) is 0 Å². The maximum Gasteiger partial charge on any atom is 0.240 e. The molecule has 0 atom stereocenters. The average Bonchev–Trinajstić information content (AvgIpc) is 2.54. The molecule has 0 amide bonds. The standard InChI is InChI=1S/C19H25ClN2O2S/c1-19(2,3)21-14-15-8-10-17(11-9-15)25(23,24)22-13-12-16-6-4-5-7-18(16)20/h4-11,21-22H,12-14H2,1-3H3. The Hall–Kier alpha value is -1.40. The summed E-state index contributed by atoms with van der Waals surface area (Å²) in [6.07, 6.45) is 0.548. The van der Waals surface area contributed by atoms with Gasteiger partial charge in [0.2, 0.25) is 10.0 Å². The van der Waals surface area contributed by atoms with E-state index >= 15 is 0 Å². The summed E-state index contributed by atoms with van der Waals surface area (Å²) in [5.74, 6) is 0. The van der Waals surface area contributed by atoms with Gasteiger partial charge in [0, 0.05) is 23.7 Å². The molecule has 4 nitrogen and oxygen atoms in total. The second-order valence-electron chi connectivity index (χ2n) is 6.99. The van der Waals surface area contributed by atoms with Crippen LogP contribution in [0.15, 0.2) is 53.4 Å². The van der Waals surface area contributed by atoms with E-state index in [2.05, 4.69) is 30.8 Å². The summed E-state index contributed by atoms with van der Waals surface area (Å²) in [5.41, 5.74) is 1.99. The fourth-order valence-electron chi connectivity index (χ4n) is 2.26. The molecule has 0 heterocycles. The minimum atomic E-state index is -3.52. The Morgan fingerprint density at radius 3 is 2.24 bits per heavy atom. The Morgan fingerprint density at radius 1 is 1.00 bits per heavy atom. The summed E-state index contributed by atoms with van der Waals surface area (Å²) in [5, 5.41) is 4.03. The van der Waals surface area contributed by atoms with E-state index in [1.807, 2.05) is 30.3 Å². The summed E-state index contributed by atoms with van der Waals surface area (Å²) in [7, 11) is -3.52.